The molecule has 1 rings (SSSR count). The lowest BCUT2D eigenvalue weighted by Crippen LogP contribution is -2.39. The zero-order valence-corrected chi connectivity index (χ0v) is 11.9. The van der Waals surface area contributed by atoms with Gasteiger partial charge in [0, 0.05) is 38.3 Å². The first-order chi connectivity index (χ1) is 9.32. The smallest absolute Gasteiger partial charge is 0.320 e. The number of amides is 3. The van der Waals surface area contributed by atoms with Crippen molar-refractivity contribution in [1.29, 1.82) is 0 Å². The number of nitrogens with zero attached hydrogens (tertiary/aromatic N) is 2. The van der Waals surface area contributed by atoms with Crippen molar-refractivity contribution in [3.63, 3.8) is 0 Å². The fourth-order valence-corrected chi connectivity index (χ4v) is 1.87. The summed E-state index contributed by atoms with van der Waals surface area (Å²) in [6.45, 7) is 8.77. The molecule has 0 aromatic heterocycles. The number of aliphatic carboxylic acids is 1. The Balaban J connectivity index is 2.36. The van der Waals surface area contributed by atoms with E-state index in [2.05, 4.69) is 11.9 Å². The summed E-state index contributed by atoms with van der Waals surface area (Å²) in [5, 5.41) is 11.5. The van der Waals surface area contributed by atoms with Crippen molar-refractivity contribution in [1.82, 2.24) is 15.1 Å². The maximum Gasteiger partial charge on any atom is 0.320 e. The monoisotopic (exact) mass is 283 g/mol. The van der Waals surface area contributed by atoms with Crippen LogP contribution in [0.25, 0.3) is 0 Å². The number of rotatable bonds is 7. The molecule has 7 nitrogen and oxygen atoms in total. The lowest BCUT2D eigenvalue weighted by atomic mass is 10.2. The topological polar surface area (TPSA) is 90.0 Å². The molecule has 1 aliphatic heterocycles. The Kier molecular flexibility index (Phi) is 5.54. The number of carbonyl (C=O) groups excluding carboxylic acids is 2. The third kappa shape index (κ3) is 4.25. The van der Waals surface area contributed by atoms with Crippen LogP contribution in [0.4, 0.5) is 4.79 Å². The van der Waals surface area contributed by atoms with Gasteiger partial charge in [0.1, 0.15) is 0 Å². The summed E-state index contributed by atoms with van der Waals surface area (Å²) in [5.41, 5.74) is 0.426. The Hall–Kier alpha value is -2.05. The molecule has 3 amide bonds. The zero-order valence-electron chi connectivity index (χ0n) is 11.9. The van der Waals surface area contributed by atoms with Gasteiger partial charge in [-0.15, -0.1) is 0 Å². The van der Waals surface area contributed by atoms with E-state index < -0.39 is 11.9 Å². The van der Waals surface area contributed by atoms with Crippen LogP contribution in [0.3, 0.4) is 0 Å². The number of nitrogens with one attached hydrogen (secondary N) is 1. The summed E-state index contributed by atoms with van der Waals surface area (Å²) in [6.07, 6.45) is 0. The van der Waals surface area contributed by atoms with Crippen LogP contribution >= 0.6 is 0 Å². The molecule has 1 fully saturated rings. The van der Waals surface area contributed by atoms with Crippen molar-refractivity contribution >= 4 is 17.9 Å². The molecule has 1 unspecified atom stereocenters. The van der Waals surface area contributed by atoms with E-state index in [1.165, 1.54) is 4.90 Å². The van der Waals surface area contributed by atoms with Crippen LogP contribution in [0.1, 0.15) is 13.8 Å². The van der Waals surface area contributed by atoms with Crippen LogP contribution in [0, 0.1) is 5.92 Å². The van der Waals surface area contributed by atoms with Crippen molar-refractivity contribution in [3.8, 4) is 0 Å². The molecular formula is C13H21N3O4. The Morgan fingerprint density at radius 2 is 2.00 bits per heavy atom. The third-order valence-corrected chi connectivity index (χ3v) is 3.15. The van der Waals surface area contributed by atoms with Gasteiger partial charge < -0.3 is 20.2 Å². The SMILES string of the molecule is C=C(C)C(=O)NCCN1CCN(CC(C)C(=O)O)C1=O. The molecule has 1 aliphatic rings. The molecule has 7 heteroatoms. The highest BCUT2D eigenvalue weighted by Gasteiger charge is 2.30. The predicted octanol–water partition coefficient (Wildman–Crippen LogP) is 0.137. The molecule has 2 N–H and O–H groups in total. The van der Waals surface area contributed by atoms with E-state index in [1.54, 1.807) is 18.7 Å². The molecule has 20 heavy (non-hydrogen) atoms. The van der Waals surface area contributed by atoms with Crippen molar-refractivity contribution in [2.45, 2.75) is 13.8 Å². The number of carboxylic acids is 1. The zero-order chi connectivity index (χ0) is 15.3. The lowest BCUT2D eigenvalue weighted by Gasteiger charge is -2.20. The normalized spacial score (nSPS) is 16.2. The van der Waals surface area contributed by atoms with E-state index in [0.717, 1.165) is 0 Å². The Labute approximate surface area is 118 Å². The Bertz CT molecular complexity index is 422. The van der Waals surface area contributed by atoms with Gasteiger partial charge in [-0.05, 0) is 6.92 Å². The first-order valence-corrected chi connectivity index (χ1v) is 6.53. The second kappa shape index (κ2) is 6.93. The van der Waals surface area contributed by atoms with Crippen molar-refractivity contribution in [3.05, 3.63) is 12.2 Å². The summed E-state index contributed by atoms with van der Waals surface area (Å²) in [5.74, 6) is -1.72. The minimum Gasteiger partial charge on any atom is -0.481 e. The second-order valence-electron chi connectivity index (χ2n) is 4.99. The summed E-state index contributed by atoms with van der Waals surface area (Å²) < 4.78 is 0. The van der Waals surface area contributed by atoms with Gasteiger partial charge in [0.05, 0.1) is 5.92 Å². The van der Waals surface area contributed by atoms with Crippen molar-refractivity contribution < 1.29 is 19.5 Å². The van der Waals surface area contributed by atoms with Gasteiger partial charge in [-0.2, -0.15) is 0 Å². The average Bonchev–Trinajstić information content (AvgIpc) is 2.71. The maximum absolute atomic E-state index is 12.0. The van der Waals surface area contributed by atoms with E-state index in [1.807, 2.05) is 0 Å². The van der Waals surface area contributed by atoms with E-state index in [4.69, 9.17) is 5.11 Å². The summed E-state index contributed by atoms with van der Waals surface area (Å²) in [6, 6.07) is -0.178. The first-order valence-electron chi connectivity index (χ1n) is 6.53. The molecule has 0 spiro atoms. The fraction of sp³-hybridized carbons (Fsp3) is 0.615. The van der Waals surface area contributed by atoms with Crippen LogP contribution in [0.5, 0.6) is 0 Å². The molecule has 0 aromatic rings. The van der Waals surface area contributed by atoms with E-state index >= 15 is 0 Å². The quantitative estimate of drug-likeness (QED) is 0.650. The second-order valence-corrected chi connectivity index (χ2v) is 4.99. The van der Waals surface area contributed by atoms with Gasteiger partial charge in [-0.3, -0.25) is 9.59 Å². The summed E-state index contributed by atoms with van der Waals surface area (Å²) in [7, 11) is 0. The predicted molar refractivity (Wildman–Crippen MR) is 73.2 cm³/mol. The highest BCUT2D eigenvalue weighted by atomic mass is 16.4. The molecule has 0 aromatic carbocycles. The molecule has 1 saturated heterocycles. The van der Waals surface area contributed by atoms with E-state index in [0.29, 0.717) is 31.8 Å². The molecule has 1 heterocycles. The minimum atomic E-state index is -0.912. The molecule has 112 valence electrons. The highest BCUT2D eigenvalue weighted by molar-refractivity contribution is 5.92. The van der Waals surface area contributed by atoms with Gasteiger partial charge in [0.25, 0.3) is 0 Å². The van der Waals surface area contributed by atoms with Crippen LogP contribution in [-0.2, 0) is 9.59 Å². The number of urea groups is 1. The number of carbonyl (C=O) groups is 3. The number of hydrogen-bond donors (Lipinski definition) is 2. The summed E-state index contributed by atoms with van der Waals surface area (Å²) in [4.78, 5) is 37.2. The maximum atomic E-state index is 12.0. The molecule has 0 bridgehead atoms. The van der Waals surface area contributed by atoms with Crippen LogP contribution < -0.4 is 5.32 Å². The Morgan fingerprint density at radius 1 is 1.40 bits per heavy atom. The Morgan fingerprint density at radius 3 is 2.55 bits per heavy atom. The van der Waals surface area contributed by atoms with Crippen LogP contribution in [0.2, 0.25) is 0 Å². The molecule has 1 atom stereocenters. The summed E-state index contributed by atoms with van der Waals surface area (Å²) >= 11 is 0. The van der Waals surface area contributed by atoms with E-state index in [-0.39, 0.29) is 18.5 Å². The third-order valence-electron chi connectivity index (χ3n) is 3.15. The van der Waals surface area contributed by atoms with Crippen molar-refractivity contribution in [2.75, 3.05) is 32.7 Å². The molecular weight excluding hydrogens is 262 g/mol. The van der Waals surface area contributed by atoms with Gasteiger partial charge in [0.15, 0.2) is 0 Å². The standard InChI is InChI=1S/C13H21N3O4/c1-9(2)11(17)14-4-5-15-6-7-16(13(15)20)8-10(3)12(18)19/h10H,1,4-8H2,2-3H3,(H,14,17)(H,18,19). The molecule has 0 saturated carbocycles. The molecule has 0 radical (unpaired) electrons. The highest BCUT2D eigenvalue weighted by Crippen LogP contribution is 2.11. The largest absolute Gasteiger partial charge is 0.481 e. The number of carboxylic acid groups (broad SMARTS) is 1. The van der Waals surface area contributed by atoms with Gasteiger partial charge in [0.2, 0.25) is 5.91 Å². The first kappa shape index (κ1) is 16.0. The van der Waals surface area contributed by atoms with Crippen LogP contribution in [-0.4, -0.2) is 65.5 Å². The average molecular weight is 283 g/mol. The molecule has 0 aliphatic carbocycles. The minimum absolute atomic E-state index is 0.178. The van der Waals surface area contributed by atoms with E-state index in [9.17, 15) is 14.4 Å². The van der Waals surface area contributed by atoms with Gasteiger partial charge >= 0.3 is 12.0 Å². The fourth-order valence-electron chi connectivity index (χ4n) is 1.87. The van der Waals surface area contributed by atoms with Crippen molar-refractivity contribution in [2.24, 2.45) is 5.92 Å². The lowest BCUT2D eigenvalue weighted by molar-refractivity contribution is -0.141. The van der Waals surface area contributed by atoms with Gasteiger partial charge in [-0.25, -0.2) is 4.79 Å². The van der Waals surface area contributed by atoms with Gasteiger partial charge in [-0.1, -0.05) is 13.5 Å². The van der Waals surface area contributed by atoms with Crippen LogP contribution in [0.15, 0.2) is 12.2 Å². The number of hydrogen-bond acceptors (Lipinski definition) is 3.